The molecule has 0 fully saturated rings. The molecule has 1 aromatic heterocycles. The minimum atomic E-state index is -0.289. The van der Waals surface area contributed by atoms with E-state index in [1.54, 1.807) is 7.11 Å². The van der Waals surface area contributed by atoms with Gasteiger partial charge in [-0.2, -0.15) is 0 Å². The number of fused-ring (bicyclic) bond motifs is 1. The Hall–Kier alpha value is -1.39. The number of nitrogens with zero attached hydrogens (tertiary/aromatic N) is 2. The van der Waals surface area contributed by atoms with E-state index in [0.717, 1.165) is 37.1 Å². The van der Waals surface area contributed by atoms with Crippen molar-refractivity contribution in [2.75, 3.05) is 13.7 Å². The second kappa shape index (κ2) is 6.37. The fourth-order valence-electron chi connectivity index (χ4n) is 2.52. The highest BCUT2D eigenvalue weighted by molar-refractivity contribution is 5.75. The van der Waals surface area contributed by atoms with Crippen molar-refractivity contribution in [2.45, 2.75) is 45.2 Å². The summed E-state index contributed by atoms with van der Waals surface area (Å²) in [5.41, 5.74) is 8.35. The first-order valence-electron chi connectivity index (χ1n) is 7.29. The third-order valence-corrected chi connectivity index (χ3v) is 3.62. The van der Waals surface area contributed by atoms with E-state index in [2.05, 4.69) is 36.6 Å². The number of imidazole rings is 1. The van der Waals surface area contributed by atoms with Gasteiger partial charge in [0, 0.05) is 32.2 Å². The first-order valence-corrected chi connectivity index (χ1v) is 7.29. The summed E-state index contributed by atoms with van der Waals surface area (Å²) < 4.78 is 7.44. The molecular weight excluding hydrogens is 250 g/mol. The first kappa shape index (κ1) is 15.0. The van der Waals surface area contributed by atoms with Gasteiger partial charge in [0.25, 0.3) is 0 Å². The third-order valence-electron chi connectivity index (χ3n) is 3.62. The van der Waals surface area contributed by atoms with Crippen LogP contribution in [-0.2, 0) is 17.7 Å². The Morgan fingerprint density at radius 2 is 2.10 bits per heavy atom. The van der Waals surface area contributed by atoms with Gasteiger partial charge in [0.1, 0.15) is 5.82 Å². The number of hydrogen-bond donors (Lipinski definition) is 1. The van der Waals surface area contributed by atoms with Gasteiger partial charge in [-0.05, 0) is 31.9 Å². The van der Waals surface area contributed by atoms with Crippen LogP contribution in [0.15, 0.2) is 24.3 Å². The van der Waals surface area contributed by atoms with Gasteiger partial charge in [0.05, 0.1) is 11.0 Å². The summed E-state index contributed by atoms with van der Waals surface area (Å²) in [6.45, 7) is 5.92. The highest BCUT2D eigenvalue weighted by Gasteiger charge is 2.22. The molecule has 20 heavy (non-hydrogen) atoms. The molecule has 0 amide bonds. The number of aryl methyl sites for hydroxylation is 1. The van der Waals surface area contributed by atoms with E-state index < -0.39 is 0 Å². The molecule has 1 aromatic carbocycles. The molecule has 0 spiro atoms. The predicted molar refractivity (Wildman–Crippen MR) is 82.8 cm³/mol. The molecule has 2 rings (SSSR count). The van der Waals surface area contributed by atoms with Crippen molar-refractivity contribution >= 4 is 11.0 Å². The van der Waals surface area contributed by atoms with E-state index in [1.807, 2.05) is 6.07 Å². The van der Waals surface area contributed by atoms with Crippen molar-refractivity contribution in [1.82, 2.24) is 9.55 Å². The summed E-state index contributed by atoms with van der Waals surface area (Å²) in [6.07, 6.45) is 2.69. The maximum absolute atomic E-state index is 6.39. The van der Waals surface area contributed by atoms with Crippen molar-refractivity contribution < 1.29 is 4.74 Å². The molecule has 110 valence electrons. The molecule has 4 heteroatoms. The average Bonchev–Trinajstić information content (AvgIpc) is 2.74. The van der Waals surface area contributed by atoms with Gasteiger partial charge < -0.3 is 15.0 Å². The first-order chi connectivity index (χ1) is 9.57. The fraction of sp³-hybridized carbons (Fsp3) is 0.562. The lowest BCUT2D eigenvalue weighted by Gasteiger charge is -2.24. The minimum Gasteiger partial charge on any atom is -0.385 e. The van der Waals surface area contributed by atoms with Crippen LogP contribution < -0.4 is 5.73 Å². The summed E-state index contributed by atoms with van der Waals surface area (Å²) in [5.74, 6) is 1.08. The van der Waals surface area contributed by atoms with Gasteiger partial charge in [0.15, 0.2) is 0 Å². The van der Waals surface area contributed by atoms with Gasteiger partial charge >= 0.3 is 0 Å². The average molecular weight is 275 g/mol. The molecule has 0 aliphatic heterocycles. The maximum atomic E-state index is 6.39. The van der Waals surface area contributed by atoms with E-state index >= 15 is 0 Å². The summed E-state index contributed by atoms with van der Waals surface area (Å²) >= 11 is 0. The number of ether oxygens (including phenoxy) is 1. The molecule has 1 heterocycles. The Bertz CT molecular complexity index is 560. The summed E-state index contributed by atoms with van der Waals surface area (Å²) in [5, 5.41) is 0. The van der Waals surface area contributed by atoms with Gasteiger partial charge in [-0.1, -0.05) is 19.1 Å². The van der Waals surface area contributed by atoms with Crippen LogP contribution in [0.2, 0.25) is 0 Å². The Morgan fingerprint density at radius 1 is 1.35 bits per heavy atom. The monoisotopic (exact) mass is 275 g/mol. The topological polar surface area (TPSA) is 53.1 Å². The molecule has 4 nitrogen and oxygen atoms in total. The fourth-order valence-corrected chi connectivity index (χ4v) is 2.52. The van der Waals surface area contributed by atoms with Crippen LogP contribution in [0, 0.1) is 0 Å². The minimum absolute atomic E-state index is 0.289. The van der Waals surface area contributed by atoms with E-state index in [4.69, 9.17) is 15.5 Å². The van der Waals surface area contributed by atoms with Crippen LogP contribution in [-0.4, -0.2) is 28.8 Å². The standard InChI is InChI=1S/C16H25N3O/c1-4-10-19-14-8-6-5-7-13(14)18-15(19)12-16(2,17)9-11-20-3/h5-8H,4,9-12,17H2,1-3H3. The van der Waals surface area contributed by atoms with Gasteiger partial charge in [-0.3, -0.25) is 0 Å². The Kier molecular flexibility index (Phi) is 4.78. The number of aromatic nitrogens is 2. The lowest BCUT2D eigenvalue weighted by atomic mass is 9.95. The summed E-state index contributed by atoms with van der Waals surface area (Å²) in [6, 6.07) is 8.28. The zero-order valence-electron chi connectivity index (χ0n) is 12.7. The predicted octanol–water partition coefficient (Wildman–Crippen LogP) is 2.74. The van der Waals surface area contributed by atoms with Gasteiger partial charge in [-0.25, -0.2) is 4.98 Å². The molecule has 0 bridgehead atoms. The van der Waals surface area contributed by atoms with Crippen LogP contribution >= 0.6 is 0 Å². The number of nitrogens with two attached hydrogens (primary N) is 1. The van der Waals surface area contributed by atoms with Gasteiger partial charge in [-0.15, -0.1) is 0 Å². The smallest absolute Gasteiger partial charge is 0.111 e. The molecule has 0 aliphatic carbocycles. The van der Waals surface area contributed by atoms with E-state index in [0.29, 0.717) is 6.61 Å². The number of para-hydroxylation sites is 2. The Morgan fingerprint density at radius 3 is 2.80 bits per heavy atom. The van der Waals surface area contributed by atoms with Crippen molar-refractivity contribution in [3.63, 3.8) is 0 Å². The lowest BCUT2D eigenvalue weighted by Crippen LogP contribution is -2.40. The number of hydrogen-bond acceptors (Lipinski definition) is 3. The highest BCUT2D eigenvalue weighted by Crippen LogP contribution is 2.21. The van der Waals surface area contributed by atoms with Crippen molar-refractivity contribution in [1.29, 1.82) is 0 Å². The van der Waals surface area contributed by atoms with Crippen LogP contribution in [0.4, 0.5) is 0 Å². The van der Waals surface area contributed by atoms with Crippen LogP contribution in [0.3, 0.4) is 0 Å². The molecule has 0 aliphatic rings. The Labute approximate surface area is 120 Å². The SMILES string of the molecule is CCCn1c(CC(C)(N)CCOC)nc2ccccc21. The second-order valence-corrected chi connectivity index (χ2v) is 5.74. The quantitative estimate of drug-likeness (QED) is 0.845. The lowest BCUT2D eigenvalue weighted by molar-refractivity contribution is 0.171. The molecule has 0 saturated carbocycles. The van der Waals surface area contributed by atoms with Crippen molar-refractivity contribution in [3.8, 4) is 0 Å². The highest BCUT2D eigenvalue weighted by atomic mass is 16.5. The molecular formula is C16H25N3O. The number of methoxy groups -OCH3 is 1. The van der Waals surface area contributed by atoms with Gasteiger partial charge in [0.2, 0.25) is 0 Å². The zero-order valence-corrected chi connectivity index (χ0v) is 12.7. The van der Waals surface area contributed by atoms with E-state index in [1.165, 1.54) is 5.52 Å². The maximum Gasteiger partial charge on any atom is 0.111 e. The van der Waals surface area contributed by atoms with Crippen LogP contribution in [0.5, 0.6) is 0 Å². The molecule has 1 atom stereocenters. The Balaban J connectivity index is 2.30. The van der Waals surface area contributed by atoms with Crippen LogP contribution in [0.25, 0.3) is 11.0 Å². The van der Waals surface area contributed by atoms with E-state index in [-0.39, 0.29) is 5.54 Å². The molecule has 0 saturated heterocycles. The van der Waals surface area contributed by atoms with Crippen LogP contribution in [0.1, 0.15) is 32.5 Å². The zero-order chi connectivity index (χ0) is 14.6. The number of rotatable bonds is 7. The molecule has 2 aromatic rings. The molecule has 2 N–H and O–H groups in total. The van der Waals surface area contributed by atoms with Crippen molar-refractivity contribution in [3.05, 3.63) is 30.1 Å². The second-order valence-electron chi connectivity index (χ2n) is 5.74. The molecule has 0 radical (unpaired) electrons. The summed E-state index contributed by atoms with van der Waals surface area (Å²) in [4.78, 5) is 4.77. The normalized spacial score (nSPS) is 14.6. The van der Waals surface area contributed by atoms with Crippen molar-refractivity contribution in [2.24, 2.45) is 5.73 Å². The number of benzene rings is 1. The van der Waals surface area contributed by atoms with E-state index in [9.17, 15) is 0 Å². The largest absolute Gasteiger partial charge is 0.385 e. The molecule has 1 unspecified atom stereocenters. The summed E-state index contributed by atoms with van der Waals surface area (Å²) in [7, 11) is 1.71. The third kappa shape index (κ3) is 3.38.